The van der Waals surface area contributed by atoms with Gasteiger partial charge in [-0.25, -0.2) is 0 Å². The molecular weight excluding hydrogens is 238 g/mol. The molecule has 0 aliphatic heterocycles. The first kappa shape index (κ1) is 14.2. The van der Waals surface area contributed by atoms with Crippen LogP contribution in [0.2, 0.25) is 0 Å². The molecule has 0 unspecified atom stereocenters. The SMILES string of the molecule is NCCOCCn1cccc(OCC(N)=O)c1=O. The summed E-state index contributed by atoms with van der Waals surface area (Å²) in [6.45, 7) is 1.36. The average molecular weight is 255 g/mol. The Morgan fingerprint density at radius 3 is 2.83 bits per heavy atom. The lowest BCUT2D eigenvalue weighted by molar-refractivity contribution is -0.119. The van der Waals surface area contributed by atoms with Gasteiger partial charge in [0.1, 0.15) is 0 Å². The molecule has 0 radical (unpaired) electrons. The van der Waals surface area contributed by atoms with Crippen molar-refractivity contribution in [3.05, 3.63) is 28.7 Å². The first-order chi connectivity index (χ1) is 8.65. The second kappa shape index (κ2) is 7.46. The van der Waals surface area contributed by atoms with E-state index >= 15 is 0 Å². The largest absolute Gasteiger partial charge is 0.478 e. The van der Waals surface area contributed by atoms with Gasteiger partial charge in [-0.2, -0.15) is 0 Å². The van der Waals surface area contributed by atoms with Crippen LogP contribution in [0.4, 0.5) is 0 Å². The van der Waals surface area contributed by atoms with Crippen molar-refractivity contribution in [2.24, 2.45) is 11.5 Å². The normalized spacial score (nSPS) is 10.3. The molecule has 1 aromatic rings. The van der Waals surface area contributed by atoms with Gasteiger partial charge in [0, 0.05) is 19.3 Å². The zero-order valence-corrected chi connectivity index (χ0v) is 10.0. The molecule has 100 valence electrons. The van der Waals surface area contributed by atoms with Crippen LogP contribution in [0, 0.1) is 0 Å². The molecule has 0 aliphatic carbocycles. The lowest BCUT2D eigenvalue weighted by atomic mass is 10.4. The Morgan fingerprint density at radius 1 is 1.39 bits per heavy atom. The maximum atomic E-state index is 11.9. The van der Waals surface area contributed by atoms with Gasteiger partial charge in [-0.1, -0.05) is 0 Å². The van der Waals surface area contributed by atoms with E-state index in [2.05, 4.69) is 0 Å². The standard InChI is InChI=1S/C11H17N3O4/c12-3-6-17-7-5-14-4-1-2-9(11(14)16)18-8-10(13)15/h1-2,4H,3,5-8,12H2,(H2,13,15). The van der Waals surface area contributed by atoms with Gasteiger partial charge in [0.15, 0.2) is 12.4 Å². The molecule has 7 heteroatoms. The number of ether oxygens (including phenoxy) is 2. The average Bonchev–Trinajstić information content (AvgIpc) is 2.35. The number of nitrogens with zero attached hydrogens (tertiary/aromatic N) is 1. The molecule has 0 aromatic carbocycles. The van der Waals surface area contributed by atoms with Crippen LogP contribution in [0.3, 0.4) is 0 Å². The van der Waals surface area contributed by atoms with Crippen molar-refractivity contribution >= 4 is 5.91 Å². The molecule has 4 N–H and O–H groups in total. The van der Waals surface area contributed by atoms with E-state index in [-0.39, 0.29) is 17.9 Å². The smallest absolute Gasteiger partial charge is 0.292 e. The van der Waals surface area contributed by atoms with Crippen molar-refractivity contribution in [1.82, 2.24) is 4.57 Å². The molecule has 0 saturated carbocycles. The van der Waals surface area contributed by atoms with Gasteiger partial charge in [0.25, 0.3) is 11.5 Å². The molecule has 0 saturated heterocycles. The van der Waals surface area contributed by atoms with Gasteiger partial charge in [-0.05, 0) is 12.1 Å². The van der Waals surface area contributed by atoms with E-state index in [4.69, 9.17) is 20.9 Å². The molecule has 1 aromatic heterocycles. The maximum Gasteiger partial charge on any atom is 0.292 e. The number of aromatic nitrogens is 1. The maximum absolute atomic E-state index is 11.9. The first-order valence-corrected chi connectivity index (χ1v) is 5.53. The third-order valence-electron chi connectivity index (χ3n) is 2.09. The second-order valence-electron chi connectivity index (χ2n) is 3.53. The molecule has 1 amide bonds. The number of nitrogens with two attached hydrogens (primary N) is 2. The van der Waals surface area contributed by atoms with Gasteiger partial charge in [0.05, 0.1) is 13.2 Å². The van der Waals surface area contributed by atoms with Gasteiger partial charge < -0.3 is 25.5 Å². The molecule has 0 aliphatic rings. The molecule has 0 fully saturated rings. The van der Waals surface area contributed by atoms with Crippen molar-refractivity contribution in [2.75, 3.05) is 26.4 Å². The first-order valence-electron chi connectivity index (χ1n) is 5.53. The minimum atomic E-state index is -0.629. The summed E-state index contributed by atoms with van der Waals surface area (Å²) in [5.41, 5.74) is 9.89. The minimum Gasteiger partial charge on any atom is -0.478 e. The van der Waals surface area contributed by atoms with Crippen LogP contribution in [0.15, 0.2) is 23.1 Å². The Balaban J connectivity index is 2.61. The molecule has 0 atom stereocenters. The van der Waals surface area contributed by atoms with Gasteiger partial charge >= 0.3 is 0 Å². The number of carbonyl (C=O) groups excluding carboxylic acids is 1. The van der Waals surface area contributed by atoms with Crippen molar-refractivity contribution in [3.8, 4) is 5.75 Å². The van der Waals surface area contributed by atoms with Crippen LogP contribution in [0.25, 0.3) is 0 Å². The molecular formula is C11H17N3O4. The molecule has 0 spiro atoms. The van der Waals surface area contributed by atoms with E-state index in [0.29, 0.717) is 26.3 Å². The number of amides is 1. The van der Waals surface area contributed by atoms with E-state index in [1.807, 2.05) is 0 Å². The van der Waals surface area contributed by atoms with E-state index in [0.717, 1.165) is 0 Å². The van der Waals surface area contributed by atoms with E-state index in [1.165, 1.54) is 10.6 Å². The third kappa shape index (κ3) is 4.56. The van der Waals surface area contributed by atoms with Crippen molar-refractivity contribution in [2.45, 2.75) is 6.54 Å². The third-order valence-corrected chi connectivity index (χ3v) is 2.09. The second-order valence-corrected chi connectivity index (χ2v) is 3.53. The quantitative estimate of drug-likeness (QED) is 0.560. The predicted molar refractivity (Wildman–Crippen MR) is 65.3 cm³/mol. The van der Waals surface area contributed by atoms with Crippen LogP contribution in [-0.4, -0.2) is 36.8 Å². The van der Waals surface area contributed by atoms with Crippen LogP contribution < -0.4 is 21.8 Å². The summed E-state index contributed by atoms with van der Waals surface area (Å²) in [5, 5.41) is 0. The number of primary amides is 1. The molecule has 1 rings (SSSR count). The highest BCUT2D eigenvalue weighted by Gasteiger charge is 2.05. The summed E-state index contributed by atoms with van der Waals surface area (Å²) in [4.78, 5) is 22.4. The monoisotopic (exact) mass is 255 g/mol. The Bertz CT molecular complexity index is 444. The zero-order valence-electron chi connectivity index (χ0n) is 10.0. The molecule has 0 bridgehead atoms. The number of hydrogen-bond acceptors (Lipinski definition) is 5. The zero-order chi connectivity index (χ0) is 13.4. The van der Waals surface area contributed by atoms with Gasteiger partial charge in [-0.3, -0.25) is 9.59 Å². The highest BCUT2D eigenvalue weighted by molar-refractivity contribution is 5.75. The van der Waals surface area contributed by atoms with Crippen molar-refractivity contribution in [1.29, 1.82) is 0 Å². The van der Waals surface area contributed by atoms with E-state index in [1.54, 1.807) is 12.3 Å². The summed E-state index contributed by atoms with van der Waals surface area (Å²) in [7, 11) is 0. The van der Waals surface area contributed by atoms with Crippen LogP contribution >= 0.6 is 0 Å². The number of rotatable bonds is 8. The minimum absolute atomic E-state index is 0.0927. The van der Waals surface area contributed by atoms with Crippen molar-refractivity contribution in [3.63, 3.8) is 0 Å². The van der Waals surface area contributed by atoms with Crippen LogP contribution in [0.5, 0.6) is 5.75 Å². The Kier molecular flexibility index (Phi) is 5.89. The number of pyridine rings is 1. The van der Waals surface area contributed by atoms with Crippen LogP contribution in [0.1, 0.15) is 0 Å². The predicted octanol–water partition coefficient (Wildman–Crippen LogP) is -1.31. The van der Waals surface area contributed by atoms with Gasteiger partial charge in [-0.15, -0.1) is 0 Å². The van der Waals surface area contributed by atoms with E-state index in [9.17, 15) is 9.59 Å². The van der Waals surface area contributed by atoms with Crippen LogP contribution in [-0.2, 0) is 16.1 Å². The molecule has 1 heterocycles. The summed E-state index contributed by atoms with van der Waals surface area (Å²) < 4.78 is 11.6. The summed E-state index contributed by atoms with van der Waals surface area (Å²) >= 11 is 0. The lowest BCUT2D eigenvalue weighted by Gasteiger charge is -2.08. The summed E-state index contributed by atoms with van der Waals surface area (Å²) in [6.07, 6.45) is 1.62. The molecule has 7 nitrogen and oxygen atoms in total. The fourth-order valence-electron chi connectivity index (χ4n) is 1.30. The topological polar surface area (TPSA) is 110 Å². The fourth-order valence-corrected chi connectivity index (χ4v) is 1.30. The highest BCUT2D eigenvalue weighted by atomic mass is 16.5. The highest BCUT2D eigenvalue weighted by Crippen LogP contribution is 2.01. The summed E-state index contributed by atoms with van der Waals surface area (Å²) in [5.74, 6) is -0.536. The van der Waals surface area contributed by atoms with Crippen molar-refractivity contribution < 1.29 is 14.3 Å². The fraction of sp³-hybridized carbons (Fsp3) is 0.455. The van der Waals surface area contributed by atoms with E-state index < -0.39 is 5.91 Å². The number of hydrogen-bond donors (Lipinski definition) is 2. The molecule has 18 heavy (non-hydrogen) atoms. The Morgan fingerprint density at radius 2 is 2.17 bits per heavy atom. The Labute approximate surface area is 104 Å². The summed E-state index contributed by atoms with van der Waals surface area (Å²) in [6, 6.07) is 3.14. The lowest BCUT2D eigenvalue weighted by Crippen LogP contribution is -2.27. The Hall–Kier alpha value is -1.86. The number of carbonyl (C=O) groups is 1. The van der Waals surface area contributed by atoms with Gasteiger partial charge in [0.2, 0.25) is 0 Å².